The molecule has 0 unspecified atom stereocenters. The maximum atomic E-state index is 11.7. The largest absolute Gasteiger partial charge is 0.368 e. The third-order valence-corrected chi connectivity index (χ3v) is 8.84. The van der Waals surface area contributed by atoms with E-state index >= 15 is 0 Å². The number of nitrogens with one attached hydrogen (secondary N) is 2. The van der Waals surface area contributed by atoms with Gasteiger partial charge in [0.1, 0.15) is 5.82 Å². The van der Waals surface area contributed by atoms with Gasteiger partial charge in [-0.3, -0.25) is 0 Å². The molecule has 0 bridgehead atoms. The third-order valence-electron chi connectivity index (χ3n) is 6.43. The highest BCUT2D eigenvalue weighted by atomic mass is 32.2. The zero-order valence-electron chi connectivity index (χ0n) is 19.9. The predicted octanol–water partition coefficient (Wildman–Crippen LogP) is 3.48. The van der Waals surface area contributed by atoms with Crippen molar-refractivity contribution in [3.8, 4) is 10.6 Å². The fourth-order valence-corrected chi connectivity index (χ4v) is 6.37. The lowest BCUT2D eigenvalue weighted by Gasteiger charge is -2.34. The summed E-state index contributed by atoms with van der Waals surface area (Å²) in [5, 5.41) is 7.71. The van der Waals surface area contributed by atoms with E-state index in [0.717, 1.165) is 27.1 Å². The van der Waals surface area contributed by atoms with Gasteiger partial charge in [0.05, 0.1) is 34.4 Å². The third kappa shape index (κ3) is 5.71. The number of hydrogen-bond acceptors (Lipinski definition) is 10. The number of rotatable bonds is 7. The first-order valence-corrected chi connectivity index (χ1v) is 14.5. The number of nitrogens with zero attached hydrogens (tertiary/aromatic N) is 6. The highest BCUT2D eigenvalue weighted by Crippen LogP contribution is 2.33. The fraction of sp³-hybridized carbons (Fsp3) is 0.478. The van der Waals surface area contributed by atoms with Gasteiger partial charge in [-0.25, -0.2) is 28.4 Å². The first kappa shape index (κ1) is 23.9. The number of aryl methyl sites for hydroxylation is 1. The zero-order chi connectivity index (χ0) is 24.4. The highest BCUT2D eigenvalue weighted by molar-refractivity contribution is 7.88. The molecule has 12 heteroatoms. The van der Waals surface area contributed by atoms with E-state index in [1.807, 2.05) is 25.1 Å². The topological polar surface area (TPSA) is 116 Å². The molecular formula is C23H30N8O2S2. The molecule has 1 aliphatic heterocycles. The molecule has 2 fully saturated rings. The maximum Gasteiger partial charge on any atom is 0.228 e. The molecule has 0 radical (unpaired) electrons. The number of hydrogen-bond donors (Lipinski definition) is 2. The normalized spacial score (nSPS) is 17.6. The molecule has 35 heavy (non-hydrogen) atoms. The molecule has 1 aliphatic carbocycles. The van der Waals surface area contributed by atoms with E-state index in [0.29, 0.717) is 44.0 Å². The summed E-state index contributed by atoms with van der Waals surface area (Å²) in [6.45, 7) is 4.25. The Morgan fingerprint density at radius 1 is 1.03 bits per heavy atom. The van der Waals surface area contributed by atoms with Crippen LogP contribution in [0.1, 0.15) is 31.4 Å². The molecule has 3 aromatic rings. The standard InChI is InChI=1S/C23H30N8O2S2/c1-16-21(34-23(26-16)27-17-5-3-4-6-17)19-9-10-24-22(28-19)29-20-8-7-18(15-25-20)30-11-13-31(14-12-30)35(2,32)33/h7-10,15,17H,3-6,11-14H2,1-2H3,(H,26,27)(H,24,25,28,29). The molecule has 1 saturated carbocycles. The summed E-state index contributed by atoms with van der Waals surface area (Å²) < 4.78 is 25.0. The Morgan fingerprint density at radius 3 is 2.49 bits per heavy atom. The zero-order valence-corrected chi connectivity index (χ0v) is 21.6. The van der Waals surface area contributed by atoms with Gasteiger partial charge in [0.25, 0.3) is 0 Å². The molecule has 0 atom stereocenters. The van der Waals surface area contributed by atoms with Crippen LogP contribution in [0.2, 0.25) is 0 Å². The van der Waals surface area contributed by atoms with Crippen molar-refractivity contribution in [1.82, 2.24) is 24.2 Å². The molecule has 2 N–H and O–H groups in total. The molecule has 3 aromatic heterocycles. The summed E-state index contributed by atoms with van der Waals surface area (Å²) >= 11 is 1.63. The summed E-state index contributed by atoms with van der Waals surface area (Å²) in [6.07, 6.45) is 9.76. The SMILES string of the molecule is Cc1nc(NC2CCCC2)sc1-c1ccnc(Nc2ccc(N3CCN(S(C)(=O)=O)CC3)cn2)n1. The van der Waals surface area contributed by atoms with Crippen molar-refractivity contribution >= 4 is 43.9 Å². The van der Waals surface area contributed by atoms with Crippen LogP contribution in [0, 0.1) is 6.92 Å². The Labute approximate surface area is 209 Å². The van der Waals surface area contributed by atoms with Crippen molar-refractivity contribution < 1.29 is 8.42 Å². The van der Waals surface area contributed by atoms with E-state index in [2.05, 4.69) is 25.5 Å². The second-order valence-electron chi connectivity index (χ2n) is 9.00. The van der Waals surface area contributed by atoms with Gasteiger partial charge in [0.2, 0.25) is 16.0 Å². The predicted molar refractivity (Wildman–Crippen MR) is 140 cm³/mol. The smallest absolute Gasteiger partial charge is 0.228 e. The second-order valence-corrected chi connectivity index (χ2v) is 12.0. The lowest BCUT2D eigenvalue weighted by Crippen LogP contribution is -2.48. The van der Waals surface area contributed by atoms with Crippen LogP contribution in [0.4, 0.5) is 22.6 Å². The quantitative estimate of drug-likeness (QED) is 0.489. The van der Waals surface area contributed by atoms with Gasteiger partial charge < -0.3 is 15.5 Å². The van der Waals surface area contributed by atoms with Crippen molar-refractivity contribution in [2.45, 2.75) is 38.6 Å². The van der Waals surface area contributed by atoms with Crippen LogP contribution in [-0.4, -0.2) is 71.1 Å². The monoisotopic (exact) mass is 514 g/mol. The first-order chi connectivity index (χ1) is 16.8. The molecule has 1 saturated heterocycles. The number of piperazine rings is 1. The Hall–Kier alpha value is -2.83. The van der Waals surface area contributed by atoms with Crippen molar-refractivity contribution in [1.29, 1.82) is 0 Å². The van der Waals surface area contributed by atoms with Gasteiger partial charge in [-0.05, 0) is 38.0 Å². The summed E-state index contributed by atoms with van der Waals surface area (Å²) in [6, 6.07) is 6.28. The fourth-order valence-electron chi connectivity index (χ4n) is 4.53. The number of thiazole rings is 1. The van der Waals surface area contributed by atoms with Crippen molar-refractivity contribution in [2.24, 2.45) is 0 Å². The van der Waals surface area contributed by atoms with Crippen LogP contribution < -0.4 is 15.5 Å². The lowest BCUT2D eigenvalue weighted by atomic mass is 10.3. The minimum absolute atomic E-state index is 0.475. The van der Waals surface area contributed by atoms with Gasteiger partial charge in [-0.1, -0.05) is 24.2 Å². The Morgan fingerprint density at radius 2 is 1.80 bits per heavy atom. The molecule has 186 valence electrons. The van der Waals surface area contributed by atoms with Gasteiger partial charge in [0.15, 0.2) is 5.13 Å². The van der Waals surface area contributed by atoms with Crippen LogP contribution in [0.5, 0.6) is 0 Å². The van der Waals surface area contributed by atoms with Crippen LogP contribution in [0.25, 0.3) is 10.6 Å². The first-order valence-electron chi connectivity index (χ1n) is 11.9. The number of aromatic nitrogens is 4. The summed E-state index contributed by atoms with van der Waals surface area (Å²) in [5.41, 5.74) is 2.75. The average Bonchev–Trinajstić information content (AvgIpc) is 3.49. The van der Waals surface area contributed by atoms with Gasteiger partial charge in [-0.2, -0.15) is 4.31 Å². The molecule has 4 heterocycles. The van der Waals surface area contributed by atoms with E-state index in [9.17, 15) is 8.42 Å². The van der Waals surface area contributed by atoms with E-state index in [-0.39, 0.29) is 0 Å². The molecule has 5 rings (SSSR count). The van der Waals surface area contributed by atoms with E-state index in [4.69, 9.17) is 9.97 Å². The van der Waals surface area contributed by atoms with Crippen LogP contribution in [-0.2, 0) is 10.0 Å². The van der Waals surface area contributed by atoms with Gasteiger partial charge in [-0.15, -0.1) is 0 Å². The van der Waals surface area contributed by atoms with Crippen LogP contribution in [0.15, 0.2) is 30.6 Å². The summed E-state index contributed by atoms with van der Waals surface area (Å²) in [7, 11) is -3.14. The van der Waals surface area contributed by atoms with Gasteiger partial charge >= 0.3 is 0 Å². The average molecular weight is 515 g/mol. The van der Waals surface area contributed by atoms with E-state index < -0.39 is 10.0 Å². The minimum atomic E-state index is -3.14. The van der Waals surface area contributed by atoms with E-state index in [1.54, 1.807) is 23.7 Å². The number of pyridine rings is 1. The molecule has 10 nitrogen and oxygen atoms in total. The van der Waals surface area contributed by atoms with E-state index in [1.165, 1.54) is 36.2 Å². The Kier molecular flexibility index (Phi) is 6.85. The number of sulfonamides is 1. The second kappa shape index (κ2) is 10.0. The van der Waals surface area contributed by atoms with Crippen molar-refractivity contribution in [3.05, 3.63) is 36.3 Å². The molecule has 2 aliphatic rings. The molecule has 0 aromatic carbocycles. The Balaban J connectivity index is 1.23. The lowest BCUT2D eigenvalue weighted by molar-refractivity contribution is 0.388. The summed E-state index contributed by atoms with van der Waals surface area (Å²) in [5.74, 6) is 1.12. The maximum absolute atomic E-state index is 11.7. The van der Waals surface area contributed by atoms with Gasteiger partial charge in [0, 0.05) is 38.4 Å². The Bertz CT molecular complexity index is 1260. The highest BCUT2D eigenvalue weighted by Gasteiger charge is 2.23. The molecular weight excluding hydrogens is 484 g/mol. The number of anilines is 4. The summed E-state index contributed by atoms with van der Waals surface area (Å²) in [4.78, 5) is 21.4. The molecule has 0 amide bonds. The van der Waals surface area contributed by atoms with Crippen LogP contribution in [0.3, 0.4) is 0 Å². The van der Waals surface area contributed by atoms with Crippen molar-refractivity contribution in [2.75, 3.05) is 48.0 Å². The molecule has 0 spiro atoms. The minimum Gasteiger partial charge on any atom is -0.368 e. The van der Waals surface area contributed by atoms with Crippen molar-refractivity contribution in [3.63, 3.8) is 0 Å². The van der Waals surface area contributed by atoms with Crippen LogP contribution >= 0.6 is 11.3 Å².